The van der Waals surface area contributed by atoms with E-state index in [-0.39, 0.29) is 17.4 Å². The van der Waals surface area contributed by atoms with E-state index in [2.05, 4.69) is 50.4 Å². The monoisotopic (exact) mass is 362 g/mol. The van der Waals surface area contributed by atoms with Crippen LogP contribution in [-0.4, -0.2) is 66.0 Å². The Hall–Kier alpha value is -2.24. The van der Waals surface area contributed by atoms with Gasteiger partial charge in [-0.1, -0.05) is 36.4 Å². The van der Waals surface area contributed by atoms with Crippen molar-refractivity contribution < 1.29 is 4.79 Å². The molecule has 2 aromatic rings. The lowest BCUT2D eigenvalue weighted by Gasteiger charge is -2.55. The van der Waals surface area contributed by atoms with E-state index in [9.17, 15) is 4.79 Å². The molecule has 0 aliphatic carbocycles. The van der Waals surface area contributed by atoms with E-state index in [4.69, 9.17) is 0 Å². The molecule has 4 bridgehead atoms. The molecule has 5 heterocycles. The Labute approximate surface area is 160 Å². The molecule has 5 heteroatoms. The van der Waals surface area contributed by atoms with E-state index >= 15 is 0 Å². The lowest BCUT2D eigenvalue weighted by atomic mass is 9.64. The highest BCUT2D eigenvalue weighted by Gasteiger charge is 2.55. The molecule has 3 unspecified atom stereocenters. The molecular weight excluding hydrogens is 336 g/mol. The average Bonchev–Trinajstić information content (AvgIpc) is 2.94. The number of pyridine rings is 1. The van der Waals surface area contributed by atoms with Crippen LogP contribution in [0.25, 0.3) is 0 Å². The normalized spacial score (nSPS) is 34.2. The molecule has 1 aromatic heterocycles. The van der Waals surface area contributed by atoms with E-state index in [1.807, 2.05) is 12.1 Å². The van der Waals surface area contributed by atoms with Gasteiger partial charge in [-0.05, 0) is 17.2 Å². The zero-order valence-corrected chi connectivity index (χ0v) is 15.6. The Kier molecular flexibility index (Phi) is 4.21. The Morgan fingerprint density at radius 3 is 2.48 bits per heavy atom. The van der Waals surface area contributed by atoms with Gasteiger partial charge in [-0.2, -0.15) is 0 Å². The molecule has 0 spiro atoms. The number of amides is 1. The fourth-order valence-electron chi connectivity index (χ4n) is 5.48. The second-order valence-electron chi connectivity index (χ2n) is 8.34. The second kappa shape index (κ2) is 6.73. The molecule has 4 saturated heterocycles. The van der Waals surface area contributed by atoms with Gasteiger partial charge in [0.25, 0.3) is 0 Å². The Morgan fingerprint density at radius 2 is 1.81 bits per heavy atom. The number of carbonyl (C=O) groups is 1. The van der Waals surface area contributed by atoms with Crippen LogP contribution >= 0.6 is 0 Å². The van der Waals surface area contributed by atoms with E-state index in [1.165, 1.54) is 5.56 Å². The van der Waals surface area contributed by atoms with Crippen molar-refractivity contribution >= 4 is 5.91 Å². The van der Waals surface area contributed by atoms with Gasteiger partial charge in [0.2, 0.25) is 5.91 Å². The summed E-state index contributed by atoms with van der Waals surface area (Å²) in [5, 5.41) is 3.46. The molecule has 27 heavy (non-hydrogen) atoms. The first kappa shape index (κ1) is 16.9. The van der Waals surface area contributed by atoms with Crippen molar-refractivity contribution in [3.8, 4) is 0 Å². The van der Waals surface area contributed by atoms with Gasteiger partial charge < -0.3 is 15.1 Å². The average molecular weight is 362 g/mol. The van der Waals surface area contributed by atoms with Crippen molar-refractivity contribution in [2.24, 2.45) is 5.92 Å². The van der Waals surface area contributed by atoms with Gasteiger partial charge in [0.1, 0.15) is 0 Å². The van der Waals surface area contributed by atoms with Gasteiger partial charge in [0.05, 0.1) is 6.42 Å². The smallest absolute Gasteiger partial charge is 0.224 e. The van der Waals surface area contributed by atoms with E-state index in [0.717, 1.165) is 44.8 Å². The van der Waals surface area contributed by atoms with Crippen LogP contribution in [0.3, 0.4) is 0 Å². The molecule has 1 N–H and O–H groups in total. The summed E-state index contributed by atoms with van der Waals surface area (Å²) < 4.78 is 0. The maximum absolute atomic E-state index is 12.9. The lowest BCUT2D eigenvalue weighted by molar-refractivity contribution is -0.123. The van der Waals surface area contributed by atoms with E-state index in [0.29, 0.717) is 12.3 Å². The number of hydrogen-bond acceptors (Lipinski definition) is 4. The third-order valence-electron chi connectivity index (χ3n) is 6.55. The zero-order chi connectivity index (χ0) is 18.3. The third-order valence-corrected chi connectivity index (χ3v) is 6.55. The van der Waals surface area contributed by atoms with Crippen molar-refractivity contribution in [1.29, 1.82) is 0 Å². The minimum Gasteiger partial charge on any atom is -0.352 e. The van der Waals surface area contributed by atoms with Gasteiger partial charge >= 0.3 is 0 Å². The van der Waals surface area contributed by atoms with Crippen LogP contribution in [0.15, 0.2) is 54.9 Å². The van der Waals surface area contributed by atoms with Crippen molar-refractivity contribution in [1.82, 2.24) is 20.1 Å². The fourth-order valence-corrected chi connectivity index (χ4v) is 5.48. The van der Waals surface area contributed by atoms with Crippen LogP contribution in [0.5, 0.6) is 0 Å². The number of carbonyl (C=O) groups excluding carboxylic acids is 1. The topological polar surface area (TPSA) is 48.5 Å². The zero-order valence-electron chi connectivity index (χ0n) is 15.6. The van der Waals surface area contributed by atoms with Gasteiger partial charge in [0.15, 0.2) is 0 Å². The summed E-state index contributed by atoms with van der Waals surface area (Å²) in [5.41, 5.74) is 2.30. The summed E-state index contributed by atoms with van der Waals surface area (Å²) >= 11 is 0. The minimum absolute atomic E-state index is 0.0243. The summed E-state index contributed by atoms with van der Waals surface area (Å²) in [6.07, 6.45) is 3.93. The highest BCUT2D eigenvalue weighted by Crippen LogP contribution is 2.43. The summed E-state index contributed by atoms with van der Waals surface area (Å²) in [7, 11) is 0. The number of nitrogens with zero attached hydrogens (tertiary/aromatic N) is 3. The van der Waals surface area contributed by atoms with Crippen LogP contribution in [-0.2, 0) is 16.6 Å². The molecule has 0 saturated carbocycles. The van der Waals surface area contributed by atoms with Crippen LogP contribution in [0.2, 0.25) is 0 Å². The van der Waals surface area contributed by atoms with Crippen LogP contribution in [0.1, 0.15) is 11.1 Å². The van der Waals surface area contributed by atoms with Gasteiger partial charge in [-0.3, -0.25) is 9.78 Å². The maximum atomic E-state index is 12.9. The summed E-state index contributed by atoms with van der Waals surface area (Å²) in [6.45, 7) is 6.51. The van der Waals surface area contributed by atoms with E-state index < -0.39 is 0 Å². The Bertz CT molecular complexity index is 794. The number of aromatic nitrogens is 1. The molecule has 1 amide bonds. The molecule has 3 atom stereocenters. The number of fused-ring (bicyclic) bond motifs is 1. The van der Waals surface area contributed by atoms with Crippen LogP contribution in [0, 0.1) is 5.92 Å². The fraction of sp³-hybridized carbons (Fsp3) is 0.455. The predicted molar refractivity (Wildman–Crippen MR) is 104 cm³/mol. The molecular formula is C22H26N4O. The minimum atomic E-state index is -0.0243. The summed E-state index contributed by atoms with van der Waals surface area (Å²) in [5.74, 6) is 0.590. The highest BCUT2D eigenvalue weighted by atomic mass is 16.1. The van der Waals surface area contributed by atoms with Crippen molar-refractivity contribution in [2.75, 3.05) is 39.3 Å². The molecule has 4 fully saturated rings. The summed E-state index contributed by atoms with van der Waals surface area (Å²) in [4.78, 5) is 22.2. The first-order chi connectivity index (χ1) is 13.2. The quantitative estimate of drug-likeness (QED) is 0.891. The third kappa shape index (κ3) is 3.05. The van der Waals surface area contributed by atoms with Gasteiger partial charge in [-0.15, -0.1) is 0 Å². The highest BCUT2D eigenvalue weighted by molar-refractivity contribution is 5.79. The Balaban J connectivity index is 1.45. The SMILES string of the molecule is O=C(Cc1cccnc1)NC1C2CN3CCN(C2)CC1(c1ccccc1)C3. The molecule has 6 rings (SSSR count). The number of nitrogens with one attached hydrogen (secondary N) is 1. The van der Waals surface area contributed by atoms with Gasteiger partial charge in [-0.25, -0.2) is 0 Å². The molecule has 140 valence electrons. The molecule has 0 radical (unpaired) electrons. The van der Waals surface area contributed by atoms with Crippen molar-refractivity contribution in [3.63, 3.8) is 0 Å². The second-order valence-corrected chi connectivity index (χ2v) is 8.34. The lowest BCUT2D eigenvalue weighted by Crippen LogP contribution is -2.70. The summed E-state index contributed by atoms with van der Waals surface area (Å²) in [6, 6.07) is 14.9. The Morgan fingerprint density at radius 1 is 1.07 bits per heavy atom. The number of benzene rings is 1. The predicted octanol–water partition coefficient (Wildman–Crippen LogP) is 1.31. The molecule has 5 nitrogen and oxygen atoms in total. The molecule has 4 aliphatic heterocycles. The standard InChI is InChI=1S/C22H26N4O/c27-20(11-17-5-4-8-23-12-17)24-21-18-13-25-9-10-26(14-18)16-22(21,15-25)19-6-2-1-3-7-19/h1-8,12,18,21H,9-11,13-16H2,(H,24,27). The number of rotatable bonds is 4. The number of hydrogen-bond donors (Lipinski definition) is 1. The number of piperidine rings is 2. The van der Waals surface area contributed by atoms with Crippen molar-refractivity contribution in [3.05, 3.63) is 66.0 Å². The maximum Gasteiger partial charge on any atom is 0.224 e. The van der Waals surface area contributed by atoms with Crippen molar-refractivity contribution in [2.45, 2.75) is 17.9 Å². The molecule has 1 aromatic carbocycles. The van der Waals surface area contributed by atoms with Crippen LogP contribution < -0.4 is 5.32 Å². The first-order valence-corrected chi connectivity index (χ1v) is 9.91. The first-order valence-electron chi connectivity index (χ1n) is 9.91. The van der Waals surface area contributed by atoms with Gasteiger partial charge in [0, 0.05) is 69.0 Å². The van der Waals surface area contributed by atoms with E-state index in [1.54, 1.807) is 12.4 Å². The largest absolute Gasteiger partial charge is 0.352 e. The van der Waals surface area contributed by atoms with Crippen LogP contribution in [0.4, 0.5) is 0 Å². The molecule has 4 aliphatic rings.